The molecule has 2 heterocycles. The van der Waals surface area contributed by atoms with Crippen molar-refractivity contribution < 1.29 is 59.9 Å². The second-order valence-corrected chi connectivity index (χ2v) is 7.46. The van der Waals surface area contributed by atoms with E-state index in [4.69, 9.17) is 14.2 Å². The zero-order chi connectivity index (χ0) is 23.3. The van der Waals surface area contributed by atoms with Gasteiger partial charge in [0, 0.05) is 17.7 Å². The Labute approximate surface area is 179 Å². The summed E-state index contributed by atoms with van der Waals surface area (Å²) in [7, 11) is 0. The van der Waals surface area contributed by atoms with Gasteiger partial charge in [0.1, 0.15) is 41.1 Å². The van der Waals surface area contributed by atoms with E-state index in [1.54, 1.807) is 0 Å². The molecule has 6 unspecified atom stereocenters. The quantitative estimate of drug-likeness (QED) is 0.274. The highest BCUT2D eigenvalue weighted by Crippen LogP contribution is 2.46. The first kappa shape index (κ1) is 21.9. The van der Waals surface area contributed by atoms with Crippen molar-refractivity contribution in [3.05, 3.63) is 35.4 Å². The number of hydrogen-bond donors (Lipinski definition) is 8. The lowest BCUT2D eigenvalue weighted by Crippen LogP contribution is -2.56. The van der Waals surface area contributed by atoms with E-state index in [9.17, 15) is 45.6 Å². The van der Waals surface area contributed by atoms with Crippen molar-refractivity contribution in [3.8, 4) is 34.5 Å². The number of carbonyl (C=O) groups excluding carboxylic acids is 1. The largest absolute Gasteiger partial charge is 0.508 e. The number of rotatable bonds is 3. The Balaban J connectivity index is 1.77. The molecule has 32 heavy (non-hydrogen) atoms. The molecule has 2 aromatic rings. The van der Waals surface area contributed by atoms with Crippen molar-refractivity contribution in [2.75, 3.05) is 6.61 Å². The summed E-state index contributed by atoms with van der Waals surface area (Å²) in [5.41, 5.74) is -0.391. The summed E-state index contributed by atoms with van der Waals surface area (Å²) >= 11 is 0. The van der Waals surface area contributed by atoms with E-state index in [1.165, 1.54) is 0 Å². The van der Waals surface area contributed by atoms with Crippen molar-refractivity contribution >= 4 is 5.78 Å². The first-order chi connectivity index (χ1) is 15.1. The second-order valence-electron chi connectivity index (χ2n) is 7.46. The van der Waals surface area contributed by atoms with Gasteiger partial charge in [-0.2, -0.15) is 0 Å². The molecule has 4 rings (SSSR count). The van der Waals surface area contributed by atoms with Crippen LogP contribution in [-0.2, 0) is 9.47 Å². The lowest BCUT2D eigenvalue weighted by Gasteiger charge is -2.39. The Hall–Kier alpha value is -3.29. The minimum atomic E-state index is -1.75. The van der Waals surface area contributed by atoms with Crippen molar-refractivity contribution in [2.45, 2.75) is 36.8 Å². The van der Waals surface area contributed by atoms with Crippen molar-refractivity contribution in [3.63, 3.8) is 0 Å². The molecule has 0 aromatic heterocycles. The fourth-order valence-corrected chi connectivity index (χ4v) is 3.61. The summed E-state index contributed by atoms with van der Waals surface area (Å²) in [6.07, 6.45) is -9.43. The lowest BCUT2D eigenvalue weighted by atomic mass is 9.92. The topological polar surface area (TPSA) is 207 Å². The number of fused-ring (bicyclic) bond motifs is 1. The van der Waals surface area contributed by atoms with Gasteiger partial charge in [0.25, 0.3) is 0 Å². The van der Waals surface area contributed by atoms with Gasteiger partial charge in [0.05, 0.1) is 6.61 Å². The second kappa shape index (κ2) is 8.00. The minimum Gasteiger partial charge on any atom is -0.508 e. The summed E-state index contributed by atoms with van der Waals surface area (Å²) in [4.78, 5) is 13.2. The molecule has 0 radical (unpaired) electrons. The van der Waals surface area contributed by atoms with Gasteiger partial charge < -0.3 is 55.1 Å². The number of aliphatic hydroxyl groups excluding tert-OH is 3. The van der Waals surface area contributed by atoms with Gasteiger partial charge in [-0.15, -0.1) is 0 Å². The Bertz CT molecular complexity index is 1030. The van der Waals surface area contributed by atoms with E-state index in [-0.39, 0.29) is 16.9 Å². The molecule has 1 saturated heterocycles. The molecule has 0 spiro atoms. The van der Waals surface area contributed by atoms with E-state index in [2.05, 4.69) is 0 Å². The molecule has 2 aromatic carbocycles. The highest BCUT2D eigenvalue weighted by atomic mass is 16.7. The Morgan fingerprint density at radius 3 is 2.19 bits per heavy atom. The lowest BCUT2D eigenvalue weighted by molar-refractivity contribution is -0.283. The third-order valence-corrected chi connectivity index (χ3v) is 5.26. The van der Waals surface area contributed by atoms with Crippen LogP contribution in [0, 0.1) is 0 Å². The van der Waals surface area contributed by atoms with E-state index in [0.29, 0.717) is 0 Å². The molecular formula is C20H20O12. The van der Waals surface area contributed by atoms with Crippen LogP contribution >= 0.6 is 0 Å². The van der Waals surface area contributed by atoms with Crippen molar-refractivity contribution in [1.82, 2.24) is 0 Å². The fourth-order valence-electron chi connectivity index (χ4n) is 3.61. The van der Waals surface area contributed by atoms with Crippen LogP contribution < -0.4 is 4.74 Å². The third kappa shape index (κ3) is 3.63. The minimum absolute atomic E-state index is 0.0458. The first-order valence-corrected chi connectivity index (χ1v) is 9.41. The molecule has 172 valence electrons. The monoisotopic (exact) mass is 452 g/mol. The molecule has 12 nitrogen and oxygen atoms in total. The normalized spacial score (nSPS) is 29.9. The zero-order valence-electron chi connectivity index (χ0n) is 16.2. The molecule has 6 atom stereocenters. The van der Waals surface area contributed by atoms with Crippen LogP contribution in [-0.4, -0.2) is 83.9 Å². The van der Waals surface area contributed by atoms with E-state index < -0.39 is 77.9 Å². The van der Waals surface area contributed by atoms with Gasteiger partial charge in [0.2, 0.25) is 5.78 Å². The van der Waals surface area contributed by atoms with Gasteiger partial charge in [-0.25, -0.2) is 0 Å². The Kier molecular flexibility index (Phi) is 5.48. The summed E-state index contributed by atoms with van der Waals surface area (Å²) < 4.78 is 16.5. The number of aliphatic hydroxyl groups is 3. The summed E-state index contributed by atoms with van der Waals surface area (Å²) in [5, 5.41) is 79.0. The molecule has 8 N–H and O–H groups in total. The van der Waals surface area contributed by atoms with Gasteiger partial charge in [-0.1, -0.05) is 0 Å². The number of hydrogen-bond acceptors (Lipinski definition) is 12. The van der Waals surface area contributed by atoms with Crippen LogP contribution in [0.1, 0.15) is 22.0 Å². The average molecular weight is 452 g/mol. The number of benzene rings is 2. The molecule has 12 heteroatoms. The standard InChI is InChI=1S/C20H20O12/c21-7-3-8(22)13-12(4-7)31-18(6-1-9(23)14(26)10(24)2-6)19(16(13)28)32-20-17(29)15(27)11(25)5-30-20/h1-4,11,15,17-27,29H,5H2. The number of aromatic hydroxyl groups is 5. The summed E-state index contributed by atoms with van der Waals surface area (Å²) in [6, 6.07) is 3.95. The van der Waals surface area contributed by atoms with E-state index in [0.717, 1.165) is 24.3 Å². The predicted octanol–water partition coefficient (Wildman–Crippen LogP) is -0.645. The number of Topliss-reactive ketones (excluding diaryl/α,β-unsaturated/α-hetero) is 1. The van der Waals surface area contributed by atoms with Crippen molar-refractivity contribution in [1.29, 1.82) is 0 Å². The fraction of sp³-hybridized carbons (Fsp3) is 0.350. The van der Waals surface area contributed by atoms with Crippen LogP contribution in [0.3, 0.4) is 0 Å². The Morgan fingerprint density at radius 1 is 0.875 bits per heavy atom. The number of ether oxygens (including phenoxy) is 3. The number of phenols is 5. The third-order valence-electron chi connectivity index (χ3n) is 5.26. The molecule has 0 saturated carbocycles. The summed E-state index contributed by atoms with van der Waals surface area (Å²) in [5.74, 6) is -4.39. The molecule has 1 fully saturated rings. The van der Waals surface area contributed by atoms with Crippen LogP contribution in [0.15, 0.2) is 24.3 Å². The molecule has 0 bridgehead atoms. The smallest absolute Gasteiger partial charge is 0.203 e. The maximum atomic E-state index is 13.2. The summed E-state index contributed by atoms with van der Waals surface area (Å²) in [6.45, 7) is -0.411. The number of ketones is 1. The number of phenolic OH excluding ortho intramolecular Hbond substituents is 5. The van der Waals surface area contributed by atoms with Gasteiger partial charge in [-0.3, -0.25) is 4.79 Å². The van der Waals surface area contributed by atoms with Gasteiger partial charge in [0.15, 0.2) is 35.7 Å². The first-order valence-electron chi connectivity index (χ1n) is 9.41. The molecule has 2 aliphatic heterocycles. The van der Waals surface area contributed by atoms with Gasteiger partial charge in [-0.05, 0) is 12.1 Å². The molecular weight excluding hydrogens is 432 g/mol. The molecule has 2 aliphatic rings. The maximum Gasteiger partial charge on any atom is 0.203 e. The van der Waals surface area contributed by atoms with Crippen LogP contribution in [0.2, 0.25) is 0 Å². The highest BCUT2D eigenvalue weighted by molar-refractivity contribution is 6.05. The van der Waals surface area contributed by atoms with E-state index in [1.807, 2.05) is 0 Å². The Morgan fingerprint density at radius 2 is 1.53 bits per heavy atom. The van der Waals surface area contributed by atoms with Crippen LogP contribution in [0.5, 0.6) is 34.5 Å². The average Bonchev–Trinajstić information content (AvgIpc) is 2.72. The van der Waals surface area contributed by atoms with E-state index >= 15 is 0 Å². The van der Waals surface area contributed by atoms with Crippen LogP contribution in [0.25, 0.3) is 0 Å². The highest BCUT2D eigenvalue weighted by Gasteiger charge is 2.46. The number of carbonyl (C=O) groups is 1. The van der Waals surface area contributed by atoms with Crippen molar-refractivity contribution in [2.24, 2.45) is 0 Å². The van der Waals surface area contributed by atoms with Crippen LogP contribution in [0.4, 0.5) is 0 Å². The maximum absolute atomic E-state index is 13.2. The zero-order valence-corrected chi connectivity index (χ0v) is 16.2. The molecule has 0 amide bonds. The van der Waals surface area contributed by atoms with Gasteiger partial charge >= 0.3 is 0 Å². The SMILES string of the molecule is O=C1c2c(O)cc(O)cc2OC(c2cc(O)c(O)c(O)c2)C1OC1OCC(O)C(O)C1O. The predicted molar refractivity (Wildman–Crippen MR) is 102 cm³/mol. The molecule has 0 aliphatic carbocycles.